The van der Waals surface area contributed by atoms with Crippen LogP contribution in [0.25, 0.3) is 0 Å². The van der Waals surface area contributed by atoms with Gasteiger partial charge in [-0.1, -0.05) is 29.8 Å². The quantitative estimate of drug-likeness (QED) is 0.825. The molecule has 0 aliphatic carbocycles. The van der Waals surface area contributed by atoms with Gasteiger partial charge in [0.2, 0.25) is 11.8 Å². The average molecular weight is 340 g/mol. The largest absolute Gasteiger partial charge is 0.354 e. The van der Waals surface area contributed by atoms with Crippen molar-refractivity contribution in [3.05, 3.63) is 35.4 Å². The zero-order valence-corrected chi connectivity index (χ0v) is 14.8. The van der Waals surface area contributed by atoms with Crippen LogP contribution in [0.4, 0.5) is 0 Å². The van der Waals surface area contributed by atoms with E-state index >= 15 is 0 Å². The van der Waals surface area contributed by atoms with Gasteiger partial charge in [-0.3, -0.25) is 9.59 Å². The molecule has 0 spiro atoms. The number of nitrogens with zero attached hydrogens (tertiary/aromatic N) is 1. The maximum atomic E-state index is 12.1. The summed E-state index contributed by atoms with van der Waals surface area (Å²) in [5.74, 6) is -0.203. The maximum absolute atomic E-state index is 12.1. The van der Waals surface area contributed by atoms with Crippen LogP contribution in [0, 0.1) is 12.8 Å². The number of likely N-dealkylation sites (N-methyl/N-ethyl adjacent to an activating group) is 1. The van der Waals surface area contributed by atoms with Crippen LogP contribution in [0.15, 0.2) is 24.3 Å². The van der Waals surface area contributed by atoms with E-state index in [1.807, 2.05) is 45.2 Å². The van der Waals surface area contributed by atoms with Crippen molar-refractivity contribution >= 4 is 24.2 Å². The van der Waals surface area contributed by atoms with Gasteiger partial charge in [-0.15, -0.1) is 12.4 Å². The molecular weight excluding hydrogens is 314 g/mol. The van der Waals surface area contributed by atoms with E-state index in [-0.39, 0.29) is 36.2 Å². The minimum atomic E-state index is -0.234. The van der Waals surface area contributed by atoms with E-state index < -0.39 is 0 Å². The molecule has 1 aliphatic rings. The van der Waals surface area contributed by atoms with Crippen LogP contribution in [0.5, 0.6) is 0 Å². The Morgan fingerprint density at radius 1 is 1.35 bits per heavy atom. The van der Waals surface area contributed by atoms with Crippen molar-refractivity contribution in [2.75, 3.05) is 20.1 Å². The van der Waals surface area contributed by atoms with Crippen molar-refractivity contribution < 1.29 is 9.59 Å². The molecule has 1 aromatic rings. The molecule has 0 aromatic heterocycles. The Balaban J connectivity index is 0.00000264. The summed E-state index contributed by atoms with van der Waals surface area (Å²) in [6, 6.07) is 8.37. The number of hydrogen-bond donors (Lipinski definition) is 2. The summed E-state index contributed by atoms with van der Waals surface area (Å²) >= 11 is 0. The summed E-state index contributed by atoms with van der Waals surface area (Å²) in [5, 5.41) is 5.98. The van der Waals surface area contributed by atoms with Crippen LogP contribution in [-0.2, 0) is 16.1 Å². The van der Waals surface area contributed by atoms with E-state index in [0.717, 1.165) is 5.56 Å². The third-order valence-electron chi connectivity index (χ3n) is 4.15. The zero-order chi connectivity index (χ0) is 16.1. The van der Waals surface area contributed by atoms with Gasteiger partial charge < -0.3 is 15.5 Å². The smallest absolute Gasteiger partial charge is 0.225 e. The maximum Gasteiger partial charge on any atom is 0.225 e. The molecule has 1 heterocycles. The highest BCUT2D eigenvalue weighted by Crippen LogP contribution is 2.20. The first-order valence-corrected chi connectivity index (χ1v) is 7.78. The number of carbonyl (C=O) groups excluding carboxylic acids is 2. The average Bonchev–Trinajstić information content (AvgIpc) is 2.88. The Hall–Kier alpha value is -1.59. The molecule has 2 amide bonds. The van der Waals surface area contributed by atoms with Gasteiger partial charge in [0.05, 0.1) is 5.92 Å². The highest BCUT2D eigenvalue weighted by molar-refractivity contribution is 5.89. The molecule has 2 rings (SSSR count). The zero-order valence-electron chi connectivity index (χ0n) is 14.0. The molecule has 5 nitrogen and oxygen atoms in total. The Bertz CT molecular complexity index is 533. The van der Waals surface area contributed by atoms with Gasteiger partial charge in [0.15, 0.2) is 0 Å². The summed E-state index contributed by atoms with van der Waals surface area (Å²) in [4.78, 5) is 26.0. The fourth-order valence-corrected chi connectivity index (χ4v) is 2.51. The van der Waals surface area contributed by atoms with Crippen molar-refractivity contribution in [3.8, 4) is 0 Å². The number of hydrogen-bond acceptors (Lipinski definition) is 3. The van der Waals surface area contributed by atoms with Gasteiger partial charge in [0.25, 0.3) is 0 Å². The van der Waals surface area contributed by atoms with Crippen LogP contribution >= 0.6 is 12.4 Å². The summed E-state index contributed by atoms with van der Waals surface area (Å²) < 4.78 is 0. The van der Waals surface area contributed by atoms with Crippen molar-refractivity contribution in [2.45, 2.75) is 32.9 Å². The lowest BCUT2D eigenvalue weighted by Gasteiger charge is -2.17. The summed E-state index contributed by atoms with van der Waals surface area (Å²) in [7, 11) is 1.86. The number of benzene rings is 1. The van der Waals surface area contributed by atoms with Crippen LogP contribution in [0.3, 0.4) is 0 Å². The molecule has 1 aromatic carbocycles. The van der Waals surface area contributed by atoms with Crippen LogP contribution in [0.1, 0.15) is 24.5 Å². The third kappa shape index (κ3) is 5.52. The molecule has 128 valence electrons. The molecular formula is C17H26ClN3O2. The van der Waals surface area contributed by atoms with Gasteiger partial charge in [0, 0.05) is 32.1 Å². The molecule has 1 fully saturated rings. The second-order valence-electron chi connectivity index (χ2n) is 6.10. The summed E-state index contributed by atoms with van der Waals surface area (Å²) in [6.07, 6.45) is 0.311. The van der Waals surface area contributed by atoms with Gasteiger partial charge in [-0.25, -0.2) is 0 Å². The molecule has 2 unspecified atom stereocenters. The van der Waals surface area contributed by atoms with Crippen molar-refractivity contribution in [1.29, 1.82) is 0 Å². The molecule has 0 radical (unpaired) electrons. The Morgan fingerprint density at radius 2 is 2.00 bits per heavy atom. The van der Waals surface area contributed by atoms with Gasteiger partial charge in [0.1, 0.15) is 0 Å². The number of rotatable bonds is 6. The standard InChI is InChI=1S/C17H25N3O2.ClH/c1-12-4-6-14(7-5-12)10-20-11-15(8-16(20)21)17(22)19-9-13(2)18-3;/h4-7,13,15,18H,8-11H2,1-3H3,(H,19,22);1H. The van der Waals surface area contributed by atoms with E-state index in [9.17, 15) is 9.59 Å². The first-order chi connectivity index (χ1) is 10.5. The lowest BCUT2D eigenvalue weighted by atomic mass is 10.1. The van der Waals surface area contributed by atoms with E-state index in [1.165, 1.54) is 5.56 Å². The molecule has 6 heteroatoms. The number of carbonyl (C=O) groups is 2. The molecule has 1 aliphatic heterocycles. The number of amides is 2. The minimum absolute atomic E-state index is 0. The van der Waals surface area contributed by atoms with E-state index in [4.69, 9.17) is 0 Å². The lowest BCUT2D eigenvalue weighted by molar-refractivity contribution is -0.129. The van der Waals surface area contributed by atoms with Crippen molar-refractivity contribution in [2.24, 2.45) is 5.92 Å². The van der Waals surface area contributed by atoms with Gasteiger partial charge in [-0.2, -0.15) is 0 Å². The van der Waals surface area contributed by atoms with Crippen LogP contribution in [0.2, 0.25) is 0 Å². The molecule has 0 bridgehead atoms. The Kier molecular flexibility index (Phi) is 7.52. The van der Waals surface area contributed by atoms with E-state index in [2.05, 4.69) is 10.6 Å². The second-order valence-corrected chi connectivity index (χ2v) is 6.10. The van der Waals surface area contributed by atoms with Crippen LogP contribution in [-0.4, -0.2) is 42.9 Å². The fraction of sp³-hybridized carbons (Fsp3) is 0.529. The number of nitrogens with one attached hydrogen (secondary N) is 2. The molecule has 0 saturated carbocycles. The van der Waals surface area contributed by atoms with Crippen molar-refractivity contribution in [3.63, 3.8) is 0 Å². The number of likely N-dealkylation sites (tertiary alicyclic amines) is 1. The molecule has 23 heavy (non-hydrogen) atoms. The third-order valence-corrected chi connectivity index (χ3v) is 4.15. The predicted molar refractivity (Wildman–Crippen MR) is 93.5 cm³/mol. The molecule has 1 saturated heterocycles. The fourth-order valence-electron chi connectivity index (χ4n) is 2.51. The highest BCUT2D eigenvalue weighted by Gasteiger charge is 2.34. The lowest BCUT2D eigenvalue weighted by Crippen LogP contribution is -2.40. The molecule has 2 atom stereocenters. The number of halogens is 1. The highest BCUT2D eigenvalue weighted by atomic mass is 35.5. The van der Waals surface area contributed by atoms with Crippen LogP contribution < -0.4 is 10.6 Å². The summed E-state index contributed by atoms with van der Waals surface area (Å²) in [6.45, 7) is 5.71. The summed E-state index contributed by atoms with van der Waals surface area (Å²) in [5.41, 5.74) is 2.30. The van der Waals surface area contributed by atoms with Crippen molar-refractivity contribution in [1.82, 2.24) is 15.5 Å². The first-order valence-electron chi connectivity index (χ1n) is 7.78. The van der Waals surface area contributed by atoms with E-state index in [1.54, 1.807) is 4.90 Å². The normalized spacial score (nSPS) is 18.5. The topological polar surface area (TPSA) is 61.4 Å². The Labute approximate surface area is 144 Å². The molecule has 2 N–H and O–H groups in total. The minimum Gasteiger partial charge on any atom is -0.354 e. The predicted octanol–water partition coefficient (Wildman–Crippen LogP) is 1.49. The Morgan fingerprint density at radius 3 is 2.61 bits per heavy atom. The number of aryl methyl sites for hydroxylation is 1. The van der Waals surface area contributed by atoms with Gasteiger partial charge in [-0.05, 0) is 26.5 Å². The first kappa shape index (κ1) is 19.5. The van der Waals surface area contributed by atoms with E-state index in [0.29, 0.717) is 26.1 Å². The van der Waals surface area contributed by atoms with Gasteiger partial charge >= 0.3 is 0 Å². The monoisotopic (exact) mass is 339 g/mol. The second kappa shape index (κ2) is 8.89. The SMILES string of the molecule is CNC(C)CNC(=O)C1CC(=O)N(Cc2ccc(C)cc2)C1.Cl.